The molecular weight excluding hydrogens is 431 g/mol. The Morgan fingerprint density at radius 3 is 2.83 bits per heavy atom. The zero-order valence-corrected chi connectivity index (χ0v) is 17.8. The summed E-state index contributed by atoms with van der Waals surface area (Å²) >= 11 is 2.30. The molecule has 0 atom stereocenters. The van der Waals surface area contributed by atoms with E-state index in [1.165, 1.54) is 18.2 Å². The number of nitrogens with one attached hydrogen (secondary N) is 2. The molecule has 1 aromatic carbocycles. The van der Waals surface area contributed by atoms with Gasteiger partial charge in [0.1, 0.15) is 11.4 Å². The molecule has 2 N–H and O–H groups in total. The van der Waals surface area contributed by atoms with Crippen LogP contribution in [0.2, 0.25) is 0 Å². The van der Waals surface area contributed by atoms with Gasteiger partial charge in [-0.3, -0.25) is 19.6 Å². The third-order valence-electron chi connectivity index (χ3n) is 3.64. The Labute approximate surface area is 180 Å². The van der Waals surface area contributed by atoms with E-state index in [1.807, 2.05) is 13.8 Å². The summed E-state index contributed by atoms with van der Waals surface area (Å²) in [4.78, 5) is 24.5. The number of carbonyl (C=O) groups excluding carboxylic acids is 2. The van der Waals surface area contributed by atoms with Gasteiger partial charge in [-0.25, -0.2) is 4.39 Å². The molecule has 30 heavy (non-hydrogen) atoms. The summed E-state index contributed by atoms with van der Waals surface area (Å²) in [6.45, 7) is 4.71. The van der Waals surface area contributed by atoms with Crippen LogP contribution in [-0.4, -0.2) is 44.2 Å². The monoisotopic (exact) mass is 450 g/mol. The molecule has 2 amide bonds. The highest BCUT2D eigenvalue weighted by molar-refractivity contribution is 8.01. The number of ether oxygens (including phenoxy) is 1. The quantitative estimate of drug-likeness (QED) is 0.380. The van der Waals surface area contributed by atoms with Gasteiger partial charge >= 0.3 is 0 Å². The number of hydrogen-bond donors (Lipinski definition) is 2. The van der Waals surface area contributed by atoms with Crippen LogP contribution in [0, 0.1) is 5.82 Å². The minimum absolute atomic E-state index is 0.0663. The molecule has 0 bridgehead atoms. The summed E-state index contributed by atoms with van der Waals surface area (Å²) in [7, 11) is 0. The first kappa shape index (κ1) is 21.7. The summed E-state index contributed by atoms with van der Waals surface area (Å²) < 4.78 is 20.7. The number of hydrogen-bond acceptors (Lipinski definition) is 8. The maximum atomic E-state index is 13.2. The second kappa shape index (κ2) is 10.2. The van der Waals surface area contributed by atoms with Crippen molar-refractivity contribution in [3.05, 3.63) is 41.8 Å². The van der Waals surface area contributed by atoms with Gasteiger partial charge < -0.3 is 10.1 Å². The molecule has 12 heteroatoms. The fourth-order valence-electron chi connectivity index (χ4n) is 2.34. The van der Waals surface area contributed by atoms with Crippen molar-refractivity contribution in [2.75, 3.05) is 23.0 Å². The summed E-state index contributed by atoms with van der Waals surface area (Å²) in [5.74, 6) is -0.821. The first-order chi connectivity index (χ1) is 14.5. The molecule has 0 fully saturated rings. The van der Waals surface area contributed by atoms with Crippen LogP contribution in [0.1, 0.15) is 24.2 Å². The van der Waals surface area contributed by atoms with Gasteiger partial charge in [-0.1, -0.05) is 29.2 Å². The Kier molecular flexibility index (Phi) is 7.36. The summed E-state index contributed by atoms with van der Waals surface area (Å²) in [5, 5.41) is 17.6. The molecule has 3 aromatic rings. The number of aromatic nitrogens is 4. The molecule has 2 heterocycles. The lowest BCUT2D eigenvalue weighted by Crippen LogP contribution is -2.13. The highest BCUT2D eigenvalue weighted by Gasteiger charge is 2.19. The molecule has 0 aliphatic heterocycles. The van der Waals surface area contributed by atoms with Gasteiger partial charge in [0.05, 0.1) is 12.4 Å². The largest absolute Gasteiger partial charge is 0.476 e. The molecule has 0 aliphatic rings. The third-order valence-corrected chi connectivity index (χ3v) is 5.61. The smallest absolute Gasteiger partial charge is 0.264 e. The van der Waals surface area contributed by atoms with Gasteiger partial charge in [0.15, 0.2) is 4.34 Å². The molecule has 3 rings (SSSR count). The minimum Gasteiger partial charge on any atom is -0.476 e. The van der Waals surface area contributed by atoms with E-state index < -0.39 is 11.7 Å². The van der Waals surface area contributed by atoms with E-state index in [4.69, 9.17) is 4.74 Å². The molecule has 0 saturated carbocycles. The van der Waals surface area contributed by atoms with Crippen LogP contribution in [-0.2, 0) is 11.3 Å². The Morgan fingerprint density at radius 2 is 2.10 bits per heavy atom. The van der Waals surface area contributed by atoms with Crippen molar-refractivity contribution in [3.8, 4) is 5.88 Å². The lowest BCUT2D eigenvalue weighted by Gasteiger charge is -2.03. The van der Waals surface area contributed by atoms with E-state index in [-0.39, 0.29) is 17.5 Å². The number of rotatable bonds is 9. The SMILES string of the molecule is CCOc1nn(CC)cc1C(=O)Nc1nnc(SCC(=O)Nc2cccc(F)c2)s1. The van der Waals surface area contributed by atoms with Crippen molar-refractivity contribution >= 4 is 45.7 Å². The van der Waals surface area contributed by atoms with Gasteiger partial charge in [-0.2, -0.15) is 0 Å². The topological polar surface area (TPSA) is 111 Å². The number of benzene rings is 1. The van der Waals surface area contributed by atoms with Crippen molar-refractivity contribution in [3.63, 3.8) is 0 Å². The van der Waals surface area contributed by atoms with E-state index in [2.05, 4.69) is 25.9 Å². The first-order valence-corrected chi connectivity index (χ1v) is 10.8. The maximum Gasteiger partial charge on any atom is 0.264 e. The molecule has 0 unspecified atom stereocenters. The number of thioether (sulfide) groups is 1. The Bertz CT molecular complexity index is 1040. The van der Waals surface area contributed by atoms with Gasteiger partial charge in [-0.15, -0.1) is 15.3 Å². The number of anilines is 2. The van der Waals surface area contributed by atoms with Gasteiger partial charge in [0, 0.05) is 18.4 Å². The van der Waals surface area contributed by atoms with Crippen LogP contribution in [0.5, 0.6) is 5.88 Å². The van der Waals surface area contributed by atoms with Crippen LogP contribution >= 0.6 is 23.1 Å². The molecule has 158 valence electrons. The van der Waals surface area contributed by atoms with E-state index in [0.717, 1.165) is 23.1 Å². The molecule has 0 aliphatic carbocycles. The molecule has 0 spiro atoms. The van der Waals surface area contributed by atoms with Crippen molar-refractivity contribution in [1.29, 1.82) is 0 Å². The highest BCUT2D eigenvalue weighted by atomic mass is 32.2. The molecule has 2 aromatic heterocycles. The molecule has 9 nitrogen and oxygen atoms in total. The zero-order chi connectivity index (χ0) is 21.5. The number of nitrogens with zero attached hydrogens (tertiary/aromatic N) is 4. The van der Waals surface area contributed by atoms with Crippen molar-refractivity contribution < 1.29 is 18.7 Å². The number of amides is 2. The minimum atomic E-state index is -0.429. The number of halogens is 1. The lowest BCUT2D eigenvalue weighted by atomic mass is 10.3. The van der Waals surface area contributed by atoms with E-state index in [9.17, 15) is 14.0 Å². The van der Waals surface area contributed by atoms with Crippen molar-refractivity contribution in [2.45, 2.75) is 24.7 Å². The van der Waals surface area contributed by atoms with Crippen LogP contribution < -0.4 is 15.4 Å². The molecule has 0 saturated heterocycles. The fraction of sp³-hybridized carbons (Fsp3) is 0.278. The summed E-state index contributed by atoms with van der Waals surface area (Å²) in [6.07, 6.45) is 1.60. The molecular formula is C18H19FN6O3S2. The maximum absolute atomic E-state index is 13.2. The average Bonchev–Trinajstić information content (AvgIpc) is 3.33. The summed E-state index contributed by atoms with van der Waals surface area (Å²) in [5.41, 5.74) is 0.682. The first-order valence-electron chi connectivity index (χ1n) is 9.01. The van der Waals surface area contributed by atoms with Gasteiger partial charge in [0.2, 0.25) is 16.9 Å². The average molecular weight is 451 g/mol. The van der Waals surface area contributed by atoms with E-state index in [0.29, 0.717) is 33.9 Å². The third kappa shape index (κ3) is 5.76. The summed E-state index contributed by atoms with van der Waals surface area (Å²) in [6, 6.07) is 5.64. The van der Waals surface area contributed by atoms with Crippen molar-refractivity contribution in [2.24, 2.45) is 0 Å². The van der Waals surface area contributed by atoms with Crippen LogP contribution in [0.3, 0.4) is 0 Å². The molecule has 0 radical (unpaired) electrons. The van der Waals surface area contributed by atoms with Crippen LogP contribution in [0.15, 0.2) is 34.8 Å². The van der Waals surface area contributed by atoms with Crippen LogP contribution in [0.4, 0.5) is 15.2 Å². The highest BCUT2D eigenvalue weighted by Crippen LogP contribution is 2.27. The predicted octanol–water partition coefficient (Wildman–Crippen LogP) is 3.28. The van der Waals surface area contributed by atoms with Crippen molar-refractivity contribution in [1.82, 2.24) is 20.0 Å². The van der Waals surface area contributed by atoms with Crippen LogP contribution in [0.25, 0.3) is 0 Å². The predicted molar refractivity (Wildman–Crippen MR) is 113 cm³/mol. The lowest BCUT2D eigenvalue weighted by molar-refractivity contribution is -0.113. The normalized spacial score (nSPS) is 10.6. The Morgan fingerprint density at radius 1 is 1.27 bits per heavy atom. The van der Waals surface area contributed by atoms with Gasteiger partial charge in [-0.05, 0) is 32.0 Å². The fourth-order valence-corrected chi connectivity index (χ4v) is 3.89. The van der Waals surface area contributed by atoms with E-state index >= 15 is 0 Å². The van der Waals surface area contributed by atoms with E-state index in [1.54, 1.807) is 16.9 Å². The standard InChI is InChI=1S/C18H19FN6O3S2/c1-3-25-9-13(16(24-25)28-4-2)15(27)21-17-22-23-18(30-17)29-10-14(26)20-12-7-5-6-11(19)8-12/h5-9H,3-4,10H2,1-2H3,(H,20,26)(H,21,22,27). The number of carbonyl (C=O) groups is 2. The second-order valence-electron chi connectivity index (χ2n) is 5.81. The zero-order valence-electron chi connectivity index (χ0n) is 16.2. The Hall–Kier alpha value is -2.99. The Balaban J connectivity index is 1.55. The van der Waals surface area contributed by atoms with Gasteiger partial charge in [0.25, 0.3) is 5.91 Å². The second-order valence-corrected chi connectivity index (χ2v) is 8.01. The number of aryl methyl sites for hydroxylation is 1.